The van der Waals surface area contributed by atoms with Crippen molar-refractivity contribution in [1.29, 1.82) is 0 Å². The second-order valence-corrected chi connectivity index (χ2v) is 28.4. The van der Waals surface area contributed by atoms with Crippen molar-refractivity contribution in [2.75, 3.05) is 39.8 Å². The van der Waals surface area contributed by atoms with Crippen LogP contribution in [0.5, 0.6) is 0 Å². The Morgan fingerprint density at radius 3 is 2.08 bits per heavy atom. The lowest BCUT2D eigenvalue weighted by Gasteiger charge is -2.47. The van der Waals surface area contributed by atoms with E-state index in [-0.39, 0.29) is 124 Å². The number of carbonyl (C=O) groups is 10. The summed E-state index contributed by atoms with van der Waals surface area (Å²) in [5.41, 5.74) is 2.66. The number of fused-ring (bicyclic) bond motifs is 6. The topological polar surface area (TPSA) is 370 Å². The maximum Gasteiger partial charge on any atom is 0.303 e. The Labute approximate surface area is 568 Å². The van der Waals surface area contributed by atoms with Gasteiger partial charge in [-0.25, -0.2) is 0 Å². The molecule has 98 heavy (non-hydrogen) atoms. The van der Waals surface area contributed by atoms with Gasteiger partial charge in [0.05, 0.1) is 92.7 Å². The monoisotopic (exact) mass is 1370 g/mol. The van der Waals surface area contributed by atoms with Crippen molar-refractivity contribution in [1.82, 2.24) is 36.8 Å². The number of amides is 8. The quantitative estimate of drug-likeness (QED) is 0.0364. The molecule has 11 aliphatic heterocycles. The van der Waals surface area contributed by atoms with E-state index in [1.807, 2.05) is 0 Å². The molecule has 1 aliphatic carbocycles. The molecule has 5 unspecified atom stereocenters. The number of carboxylic acid groups (broad SMARTS) is 1. The SMILES string of the molecule is C=C1C[C@@H]2CC3C4[C@H]5OC6C7O[C@H]8CC[C@H](CC(=O)C[C@@H]9[C@@H](OC)[C@@H](C[C@H](O)CNC(=O)CNC(=O)[C@H](Cc%10ccccc%10)NC(=O)CNC(=O)CNC(=O)C(CCC(=O)O)NC(=O)CCCCCN%10C(=O)C=CC%10=O)O[C@H]9C[C@H]9O[C@@H](CC[C@@H]1O2)C[C@@H](C)C9=C)O[C@@H]8[C@@H]6O[C@@]34O[C@H]75. The van der Waals surface area contributed by atoms with E-state index in [1.165, 1.54) is 12.2 Å². The zero-order valence-corrected chi connectivity index (χ0v) is 55.5. The summed E-state index contributed by atoms with van der Waals surface area (Å²) >= 11 is 0. The number of hydrogen-bond acceptors (Lipinski definition) is 20. The predicted molar refractivity (Wildman–Crippen MR) is 342 cm³/mol. The smallest absolute Gasteiger partial charge is 0.303 e. The number of unbranched alkanes of at least 4 members (excludes halogenated alkanes) is 2. The zero-order chi connectivity index (χ0) is 69.1. The largest absolute Gasteiger partial charge is 0.481 e. The Morgan fingerprint density at radius 2 is 1.34 bits per heavy atom. The highest BCUT2D eigenvalue weighted by molar-refractivity contribution is 6.12. The molecular weight excluding hydrogens is 1270 g/mol. The van der Waals surface area contributed by atoms with Crippen LogP contribution >= 0.6 is 0 Å². The summed E-state index contributed by atoms with van der Waals surface area (Å²) < 4.78 is 61.1. The fourth-order valence-corrected chi connectivity index (χ4v) is 16.7. The van der Waals surface area contributed by atoms with Crippen molar-refractivity contribution in [2.45, 2.75) is 238 Å². The first kappa shape index (κ1) is 71.0. The highest BCUT2D eigenvalue weighted by atomic mass is 16.8. The number of benzene rings is 1. The average molecular weight is 1370 g/mol. The lowest BCUT2D eigenvalue weighted by molar-refractivity contribution is -0.279. The average Bonchev–Trinajstić information content (AvgIpc) is 1.48. The van der Waals surface area contributed by atoms with E-state index in [1.54, 1.807) is 37.4 Å². The number of nitrogens with one attached hydrogen (secondary N) is 6. The van der Waals surface area contributed by atoms with Crippen molar-refractivity contribution in [3.8, 4) is 0 Å². The number of aliphatic hydroxyl groups excluding tert-OH is 1. The van der Waals surface area contributed by atoms with Crippen LogP contribution in [0.3, 0.4) is 0 Å². The number of nitrogens with zero attached hydrogens (tertiary/aromatic N) is 1. The Kier molecular flexibility index (Phi) is 22.4. The number of ether oxygens (including phenoxy) is 9. The molecule has 28 heteroatoms. The molecule has 10 saturated heterocycles. The van der Waals surface area contributed by atoms with Crippen molar-refractivity contribution in [3.05, 3.63) is 72.4 Å². The maximum absolute atomic E-state index is 14.6. The van der Waals surface area contributed by atoms with Crippen LogP contribution < -0.4 is 31.9 Å². The summed E-state index contributed by atoms with van der Waals surface area (Å²) in [6, 6.07) is 6.18. The summed E-state index contributed by atoms with van der Waals surface area (Å²) in [6.07, 6.45) is 2.30. The number of aliphatic hydroxyl groups is 1. The lowest BCUT2D eigenvalue weighted by atomic mass is 9.81. The Balaban J connectivity index is 0.624. The Morgan fingerprint density at radius 1 is 0.653 bits per heavy atom. The molecule has 534 valence electrons. The van der Waals surface area contributed by atoms with Gasteiger partial charge in [0.2, 0.25) is 35.4 Å². The van der Waals surface area contributed by atoms with E-state index in [2.05, 4.69) is 52.0 Å². The number of rotatable bonds is 26. The van der Waals surface area contributed by atoms with Gasteiger partial charge in [0.1, 0.15) is 48.4 Å². The van der Waals surface area contributed by atoms with Crippen LogP contribution in [0.25, 0.3) is 0 Å². The molecule has 11 fully saturated rings. The normalized spacial score (nSPS) is 35.9. The van der Waals surface area contributed by atoms with Gasteiger partial charge in [-0.3, -0.25) is 52.8 Å². The summed E-state index contributed by atoms with van der Waals surface area (Å²) in [6.45, 7) is 9.23. The number of methoxy groups -OCH3 is 1. The molecule has 23 atom stereocenters. The molecule has 0 aromatic heterocycles. The van der Waals surface area contributed by atoms with Gasteiger partial charge in [-0.2, -0.15) is 0 Å². The van der Waals surface area contributed by atoms with Gasteiger partial charge in [-0.05, 0) is 86.8 Å². The van der Waals surface area contributed by atoms with Crippen LogP contribution in [0.1, 0.15) is 122 Å². The van der Waals surface area contributed by atoms with Crippen molar-refractivity contribution < 1.29 is 101 Å². The number of Topliss-reactive ketones (excluding diaryl/α,β-unsaturated/α-hetero) is 1. The fourth-order valence-electron chi connectivity index (χ4n) is 16.7. The third-order valence-electron chi connectivity index (χ3n) is 21.6. The number of imide groups is 1. The molecule has 12 aliphatic rings. The molecule has 8 N–H and O–H groups in total. The van der Waals surface area contributed by atoms with Crippen LogP contribution in [0.4, 0.5) is 0 Å². The molecule has 12 bridgehead atoms. The van der Waals surface area contributed by atoms with E-state index in [9.17, 15) is 58.2 Å². The first-order valence-corrected chi connectivity index (χ1v) is 35.0. The van der Waals surface area contributed by atoms with Gasteiger partial charge in [-0.1, -0.05) is 56.8 Å². The molecule has 28 nitrogen and oxygen atoms in total. The zero-order valence-electron chi connectivity index (χ0n) is 55.5. The van der Waals surface area contributed by atoms with Gasteiger partial charge in [-0.15, -0.1) is 0 Å². The van der Waals surface area contributed by atoms with Crippen molar-refractivity contribution >= 4 is 59.0 Å². The first-order valence-electron chi connectivity index (χ1n) is 35.0. The van der Waals surface area contributed by atoms with Crippen LogP contribution in [0.15, 0.2) is 66.8 Å². The van der Waals surface area contributed by atoms with Crippen LogP contribution in [-0.4, -0.2) is 229 Å². The summed E-state index contributed by atoms with van der Waals surface area (Å²) in [5, 5.41) is 35.9. The molecule has 11 heterocycles. The fraction of sp³-hybridized carbons (Fsp3) is 0.686. The minimum absolute atomic E-state index is 0.0101. The van der Waals surface area contributed by atoms with Crippen molar-refractivity contribution in [3.63, 3.8) is 0 Å². The van der Waals surface area contributed by atoms with Gasteiger partial charge in [0.15, 0.2) is 5.79 Å². The van der Waals surface area contributed by atoms with E-state index < -0.39 is 152 Å². The second kappa shape index (κ2) is 30.9. The van der Waals surface area contributed by atoms with E-state index in [0.717, 1.165) is 48.2 Å². The highest BCUT2D eigenvalue weighted by Crippen LogP contribution is 2.71. The minimum atomic E-state index is -1.31. The molecule has 13 rings (SSSR count). The standard InChI is InChI=1S/C70H93N7O21/c1-35-23-41-14-17-48-36(2)24-43(92-48)29-45-60-63-67-64-65(96-63)66(97-70(45,60)98-67)62-49(95-64)18-15-42(93-62)26-39(78)27-44-51(30-50(91-41)37(35)3)94-52(61(44)90-4)28-40(79)31-71-54(81)32-74-69(89)47(25-38-11-7-5-8-12-38)76-56(83)34-72-55(82)33-73-68(88)46(16-21-59(86)87)75-53(80)13-9-6-10-22-77-57(84)19-20-58(77)85/h5,7-8,11-12,19-20,35,40-52,60-67,79H,2-3,6,9-10,13-18,21-34H2,1,4H3,(H,71,81)(H,72,82)(H,73,88)(H,74,89)(H,75,80)(H,76,83)(H,86,87)/t35-,40+,41+,42-,43-,44+,45?,46?,47+,48+,49+,50-,51+,52-,60?,61-,62+,63-,64?,65?,66+,67+,70-/m1/s1. The number of ketones is 1. The molecule has 1 spiro atoms. The first-order chi connectivity index (χ1) is 47.1. The molecular formula is C70H93N7O21. The molecule has 0 radical (unpaired) electrons. The summed E-state index contributed by atoms with van der Waals surface area (Å²) in [7, 11) is 1.55. The second-order valence-electron chi connectivity index (χ2n) is 28.4. The van der Waals surface area contributed by atoms with E-state index in [0.29, 0.717) is 44.1 Å². The number of carbonyl (C=O) groups excluding carboxylic acids is 9. The van der Waals surface area contributed by atoms with Gasteiger partial charge < -0.3 is 84.7 Å². The minimum Gasteiger partial charge on any atom is -0.481 e. The van der Waals surface area contributed by atoms with Gasteiger partial charge >= 0.3 is 5.97 Å². The van der Waals surface area contributed by atoms with Crippen LogP contribution in [0, 0.1) is 23.7 Å². The molecule has 1 aromatic carbocycles. The lowest BCUT2D eigenvalue weighted by Crippen LogP contribution is -2.61. The third-order valence-corrected chi connectivity index (χ3v) is 21.6. The molecule has 1 saturated carbocycles. The van der Waals surface area contributed by atoms with Crippen LogP contribution in [0.2, 0.25) is 0 Å². The maximum atomic E-state index is 14.6. The number of aliphatic carboxylic acids is 1. The van der Waals surface area contributed by atoms with Gasteiger partial charge in [0, 0.05) is 89.1 Å². The Hall–Kier alpha value is -6.86. The van der Waals surface area contributed by atoms with Crippen LogP contribution in [-0.2, 0) is 97.0 Å². The highest BCUT2D eigenvalue weighted by Gasteiger charge is 2.85. The number of hydrogen-bond donors (Lipinski definition) is 8. The summed E-state index contributed by atoms with van der Waals surface area (Å²) in [4.78, 5) is 130. The molecule has 1 aromatic rings. The van der Waals surface area contributed by atoms with Gasteiger partial charge in [0.25, 0.3) is 11.8 Å². The Bertz CT molecular complexity index is 3230. The van der Waals surface area contributed by atoms with Crippen molar-refractivity contribution in [2.24, 2.45) is 23.7 Å². The van der Waals surface area contributed by atoms with E-state index in [4.69, 9.17) is 42.6 Å². The molecule has 8 amide bonds. The third kappa shape index (κ3) is 16.1. The predicted octanol–water partition coefficient (Wildman–Crippen LogP) is 0.972. The number of carboxylic acids is 1. The van der Waals surface area contributed by atoms with E-state index >= 15 is 0 Å². The summed E-state index contributed by atoms with van der Waals surface area (Å²) in [5.74, 6) is -7.45.